The van der Waals surface area contributed by atoms with E-state index in [1.165, 1.54) is 6.08 Å². The summed E-state index contributed by atoms with van der Waals surface area (Å²) in [6.07, 6.45) is 3.86. The molecule has 0 heterocycles. The fraction of sp³-hybridized carbons (Fsp3) is 0.481. The Morgan fingerprint density at radius 3 is 2.10 bits per heavy atom. The van der Waals surface area contributed by atoms with Gasteiger partial charge in [-0.1, -0.05) is 84.0 Å². The number of hydrogen-bond acceptors (Lipinski definition) is 4. The summed E-state index contributed by atoms with van der Waals surface area (Å²) in [6.45, 7) is 14.5. The van der Waals surface area contributed by atoms with Gasteiger partial charge in [0.05, 0.1) is 5.41 Å². The highest BCUT2D eigenvalue weighted by Crippen LogP contribution is 2.47. The fourth-order valence-corrected chi connectivity index (χ4v) is 3.74. The van der Waals surface area contributed by atoms with Gasteiger partial charge >= 0.3 is 11.9 Å². The van der Waals surface area contributed by atoms with Crippen molar-refractivity contribution in [1.82, 2.24) is 0 Å². The van der Waals surface area contributed by atoms with Gasteiger partial charge in [-0.3, -0.25) is 4.79 Å². The molecule has 0 aliphatic heterocycles. The van der Waals surface area contributed by atoms with E-state index in [9.17, 15) is 9.59 Å². The molecule has 0 spiro atoms. The number of esters is 2. The Kier molecular flexibility index (Phi) is 7.69. The Hall–Kier alpha value is -2.62. The predicted octanol–water partition coefficient (Wildman–Crippen LogP) is 6.43. The molecule has 0 saturated heterocycles. The van der Waals surface area contributed by atoms with E-state index in [0.717, 1.165) is 16.3 Å². The van der Waals surface area contributed by atoms with Crippen molar-refractivity contribution >= 4 is 28.8 Å². The summed E-state index contributed by atoms with van der Waals surface area (Å²) in [4.78, 5) is 25.0. The molecule has 2 aromatic carbocycles. The number of hydrogen-bond donors (Lipinski definition) is 0. The number of benzene rings is 2. The minimum Gasteiger partial charge on any atom is -0.462 e. The fourth-order valence-electron chi connectivity index (χ4n) is 3.74. The predicted molar refractivity (Wildman–Crippen MR) is 127 cm³/mol. The number of ether oxygens (including phenoxy) is 2. The molecule has 0 N–H and O–H groups in total. The second-order valence-electron chi connectivity index (χ2n) is 10.5. The van der Waals surface area contributed by atoms with Gasteiger partial charge in [-0.15, -0.1) is 0 Å². The molecule has 0 aromatic heterocycles. The minimum atomic E-state index is -0.635. The first-order valence-corrected chi connectivity index (χ1v) is 10.8. The van der Waals surface area contributed by atoms with Crippen LogP contribution < -0.4 is 0 Å². The summed E-state index contributed by atoms with van der Waals surface area (Å²) in [6, 6.07) is 13.9. The van der Waals surface area contributed by atoms with E-state index in [1.807, 2.05) is 49.4 Å². The molecular formula is C27H36O4. The van der Waals surface area contributed by atoms with E-state index in [-0.39, 0.29) is 30.0 Å². The zero-order chi connectivity index (χ0) is 23.3. The van der Waals surface area contributed by atoms with E-state index in [1.54, 1.807) is 6.08 Å². The Balaban J connectivity index is 1.90. The Morgan fingerprint density at radius 2 is 1.45 bits per heavy atom. The van der Waals surface area contributed by atoms with Crippen LogP contribution in [0.5, 0.6) is 0 Å². The molecule has 2 aromatic rings. The smallest absolute Gasteiger partial charge is 0.330 e. The molecule has 4 heteroatoms. The summed E-state index contributed by atoms with van der Waals surface area (Å²) in [5.74, 6) is -0.713. The molecule has 0 amide bonds. The maximum atomic E-state index is 12.9. The molecule has 0 fully saturated rings. The second-order valence-corrected chi connectivity index (χ2v) is 10.5. The quantitative estimate of drug-likeness (QED) is 0.292. The summed E-state index contributed by atoms with van der Waals surface area (Å²) < 4.78 is 10.7. The Labute approximate surface area is 186 Å². The minimum absolute atomic E-state index is 0.0140. The van der Waals surface area contributed by atoms with Crippen LogP contribution in [0.25, 0.3) is 16.8 Å². The topological polar surface area (TPSA) is 52.6 Å². The normalized spacial score (nSPS) is 14.4. The number of carbonyl (C=O) groups is 2. The van der Waals surface area contributed by atoms with Gasteiger partial charge in [-0.2, -0.15) is 0 Å². The molecule has 0 saturated carbocycles. The lowest BCUT2D eigenvalue weighted by Crippen LogP contribution is -2.44. The molecule has 0 bridgehead atoms. The molecule has 168 valence electrons. The lowest BCUT2D eigenvalue weighted by Gasteiger charge is -2.43. The Morgan fingerprint density at radius 1 is 0.839 bits per heavy atom. The average Bonchev–Trinajstić information content (AvgIpc) is 2.67. The van der Waals surface area contributed by atoms with Crippen molar-refractivity contribution in [2.75, 3.05) is 13.2 Å². The van der Waals surface area contributed by atoms with Crippen LogP contribution in [0.15, 0.2) is 48.5 Å². The molecule has 1 unspecified atom stereocenters. The molecule has 0 aliphatic rings. The van der Waals surface area contributed by atoms with E-state index in [0.29, 0.717) is 6.42 Å². The van der Waals surface area contributed by atoms with E-state index in [2.05, 4.69) is 41.5 Å². The van der Waals surface area contributed by atoms with E-state index < -0.39 is 11.4 Å². The van der Waals surface area contributed by atoms with Crippen molar-refractivity contribution in [1.29, 1.82) is 0 Å². The first-order valence-electron chi connectivity index (χ1n) is 10.8. The van der Waals surface area contributed by atoms with E-state index >= 15 is 0 Å². The SMILES string of the molecule is CC(C)(C)CC(C)(C(=O)OCCOC(=O)/C=C/c1cccc2ccccc12)C(C)(C)C. The lowest BCUT2D eigenvalue weighted by molar-refractivity contribution is -0.167. The van der Waals surface area contributed by atoms with Gasteiger partial charge in [-0.25, -0.2) is 4.79 Å². The van der Waals surface area contributed by atoms with Crippen LogP contribution in [0.2, 0.25) is 0 Å². The van der Waals surface area contributed by atoms with Crippen LogP contribution in [0.4, 0.5) is 0 Å². The van der Waals surface area contributed by atoms with Crippen molar-refractivity contribution in [3.05, 3.63) is 54.1 Å². The summed E-state index contributed by atoms with van der Waals surface area (Å²) in [5, 5.41) is 2.19. The van der Waals surface area contributed by atoms with Gasteiger partial charge in [0.1, 0.15) is 13.2 Å². The number of rotatable bonds is 7. The lowest BCUT2D eigenvalue weighted by atomic mass is 9.61. The molecule has 4 nitrogen and oxygen atoms in total. The van der Waals surface area contributed by atoms with Gasteiger partial charge in [0.25, 0.3) is 0 Å². The number of carbonyl (C=O) groups excluding carboxylic acids is 2. The first kappa shape index (κ1) is 24.6. The third-order valence-electron chi connectivity index (χ3n) is 5.77. The third-order valence-corrected chi connectivity index (χ3v) is 5.77. The zero-order valence-electron chi connectivity index (χ0n) is 20.0. The van der Waals surface area contributed by atoms with Gasteiger partial charge in [0, 0.05) is 6.08 Å². The summed E-state index contributed by atoms with van der Waals surface area (Å²) in [7, 11) is 0. The standard InChI is InChI=1S/C27H36O4/c1-25(2,3)19-27(7,26(4,5)6)24(29)31-18-17-30-23(28)16-15-21-13-10-12-20-11-8-9-14-22(20)21/h8-16H,17-19H2,1-7H3/b16-15+. The van der Waals surface area contributed by atoms with Gasteiger partial charge in [0.2, 0.25) is 0 Å². The van der Waals surface area contributed by atoms with Crippen molar-refractivity contribution in [3.8, 4) is 0 Å². The van der Waals surface area contributed by atoms with Crippen molar-refractivity contribution in [3.63, 3.8) is 0 Å². The highest BCUT2D eigenvalue weighted by molar-refractivity contribution is 5.94. The molecule has 2 rings (SSSR count). The number of fused-ring (bicyclic) bond motifs is 1. The maximum absolute atomic E-state index is 12.9. The van der Waals surface area contributed by atoms with Crippen molar-refractivity contribution in [2.24, 2.45) is 16.2 Å². The molecule has 0 radical (unpaired) electrons. The van der Waals surface area contributed by atoms with Crippen LogP contribution in [0, 0.1) is 16.2 Å². The highest BCUT2D eigenvalue weighted by atomic mass is 16.6. The first-order chi connectivity index (χ1) is 14.3. The van der Waals surface area contributed by atoms with Crippen molar-refractivity contribution in [2.45, 2.75) is 54.9 Å². The van der Waals surface area contributed by atoms with Gasteiger partial charge in [0.15, 0.2) is 0 Å². The van der Waals surface area contributed by atoms with E-state index in [4.69, 9.17) is 9.47 Å². The van der Waals surface area contributed by atoms with Gasteiger partial charge in [-0.05, 0) is 46.6 Å². The Bertz CT molecular complexity index is 938. The van der Waals surface area contributed by atoms with Crippen LogP contribution in [0.3, 0.4) is 0 Å². The molecular weight excluding hydrogens is 388 g/mol. The largest absolute Gasteiger partial charge is 0.462 e. The monoisotopic (exact) mass is 424 g/mol. The summed E-state index contributed by atoms with van der Waals surface area (Å²) in [5.41, 5.74) is 0.0446. The van der Waals surface area contributed by atoms with Crippen LogP contribution in [-0.4, -0.2) is 25.2 Å². The van der Waals surface area contributed by atoms with Crippen LogP contribution in [0.1, 0.15) is 60.5 Å². The molecule has 0 aliphatic carbocycles. The highest BCUT2D eigenvalue weighted by Gasteiger charge is 2.47. The molecule has 31 heavy (non-hydrogen) atoms. The summed E-state index contributed by atoms with van der Waals surface area (Å²) >= 11 is 0. The zero-order valence-corrected chi connectivity index (χ0v) is 20.0. The average molecular weight is 425 g/mol. The van der Waals surface area contributed by atoms with Crippen LogP contribution >= 0.6 is 0 Å². The third kappa shape index (κ3) is 6.68. The van der Waals surface area contributed by atoms with Crippen molar-refractivity contribution < 1.29 is 19.1 Å². The maximum Gasteiger partial charge on any atom is 0.330 e. The van der Waals surface area contributed by atoms with Crippen LogP contribution in [-0.2, 0) is 19.1 Å². The second kappa shape index (κ2) is 9.67. The molecule has 1 atom stereocenters. The van der Waals surface area contributed by atoms with Gasteiger partial charge < -0.3 is 9.47 Å².